The lowest BCUT2D eigenvalue weighted by atomic mass is 9.84. The average Bonchev–Trinajstić information content (AvgIpc) is 2.37. The Labute approximate surface area is 120 Å². The van der Waals surface area contributed by atoms with Gasteiger partial charge < -0.3 is 0 Å². The lowest BCUT2D eigenvalue weighted by Crippen LogP contribution is -2.12. The Bertz CT molecular complexity index is 238. The van der Waals surface area contributed by atoms with Crippen LogP contribution in [0.1, 0.15) is 91.4 Å². The van der Waals surface area contributed by atoms with E-state index < -0.39 is 0 Å². The van der Waals surface area contributed by atoms with E-state index in [0.29, 0.717) is 5.78 Å². The summed E-state index contributed by atoms with van der Waals surface area (Å²) in [5, 5.41) is 0. The van der Waals surface area contributed by atoms with Gasteiger partial charge in [0.25, 0.3) is 0 Å². The third-order valence-corrected chi connectivity index (χ3v) is 4.64. The summed E-state index contributed by atoms with van der Waals surface area (Å²) in [6.45, 7) is 6.89. The van der Waals surface area contributed by atoms with Crippen LogP contribution in [0, 0.1) is 17.8 Å². The maximum absolute atomic E-state index is 12.0. The Morgan fingerprint density at radius 1 is 1.00 bits per heavy atom. The maximum atomic E-state index is 12.0. The fourth-order valence-corrected chi connectivity index (χ4v) is 3.24. The number of ketones is 1. The van der Waals surface area contributed by atoms with Crippen molar-refractivity contribution in [2.24, 2.45) is 17.8 Å². The van der Waals surface area contributed by atoms with Gasteiger partial charge in [0.15, 0.2) is 0 Å². The second kappa shape index (κ2) is 9.55. The summed E-state index contributed by atoms with van der Waals surface area (Å²) in [7, 11) is 0. The van der Waals surface area contributed by atoms with E-state index in [9.17, 15) is 4.79 Å². The summed E-state index contributed by atoms with van der Waals surface area (Å²) >= 11 is 0. The molecule has 0 aromatic carbocycles. The van der Waals surface area contributed by atoms with Crippen LogP contribution in [0.3, 0.4) is 0 Å². The highest BCUT2D eigenvalue weighted by Crippen LogP contribution is 2.27. The number of carbonyl (C=O) groups is 1. The molecule has 0 radical (unpaired) electrons. The van der Waals surface area contributed by atoms with Crippen LogP contribution < -0.4 is 0 Å². The number of rotatable bonds is 9. The highest BCUT2D eigenvalue weighted by atomic mass is 16.1. The minimum Gasteiger partial charge on any atom is -0.300 e. The third kappa shape index (κ3) is 8.44. The molecule has 0 spiro atoms. The van der Waals surface area contributed by atoms with Crippen LogP contribution in [0.4, 0.5) is 0 Å². The molecule has 19 heavy (non-hydrogen) atoms. The molecule has 1 saturated carbocycles. The van der Waals surface area contributed by atoms with Crippen molar-refractivity contribution in [3.05, 3.63) is 0 Å². The molecule has 0 aromatic heterocycles. The Balaban J connectivity index is 2.04. The van der Waals surface area contributed by atoms with E-state index in [-0.39, 0.29) is 0 Å². The Morgan fingerprint density at radius 3 is 2.32 bits per heavy atom. The summed E-state index contributed by atoms with van der Waals surface area (Å²) in [6, 6.07) is 0. The van der Waals surface area contributed by atoms with E-state index in [1.807, 2.05) is 0 Å². The van der Waals surface area contributed by atoms with E-state index in [0.717, 1.165) is 37.0 Å². The lowest BCUT2D eigenvalue weighted by Gasteiger charge is -2.21. The fraction of sp³-hybridized carbons (Fsp3) is 0.944. The molecule has 0 N–H and O–H groups in total. The molecular weight excluding hydrogens is 232 g/mol. The van der Waals surface area contributed by atoms with Crippen molar-refractivity contribution in [1.82, 2.24) is 0 Å². The van der Waals surface area contributed by atoms with Crippen molar-refractivity contribution in [2.45, 2.75) is 91.4 Å². The van der Waals surface area contributed by atoms with Gasteiger partial charge in [-0.1, -0.05) is 72.1 Å². The van der Waals surface area contributed by atoms with Crippen LogP contribution in [-0.4, -0.2) is 5.78 Å². The number of carbonyl (C=O) groups excluding carboxylic acids is 1. The second-order valence-electron chi connectivity index (χ2n) is 7.22. The van der Waals surface area contributed by atoms with Crippen molar-refractivity contribution in [3.8, 4) is 0 Å². The molecule has 1 nitrogen and oxygen atoms in total. The molecule has 0 amide bonds. The molecule has 0 heterocycles. The van der Waals surface area contributed by atoms with Gasteiger partial charge in [0.05, 0.1) is 0 Å². The molecule has 1 atom stereocenters. The molecule has 1 aliphatic carbocycles. The summed E-state index contributed by atoms with van der Waals surface area (Å²) in [5.41, 5.74) is 0. The predicted molar refractivity (Wildman–Crippen MR) is 83.3 cm³/mol. The monoisotopic (exact) mass is 266 g/mol. The first kappa shape index (κ1) is 16.7. The number of hydrogen-bond acceptors (Lipinski definition) is 1. The van der Waals surface area contributed by atoms with Gasteiger partial charge in [-0.2, -0.15) is 0 Å². The average molecular weight is 266 g/mol. The van der Waals surface area contributed by atoms with Crippen molar-refractivity contribution < 1.29 is 4.79 Å². The molecule has 0 bridgehead atoms. The van der Waals surface area contributed by atoms with E-state index in [2.05, 4.69) is 20.8 Å². The van der Waals surface area contributed by atoms with Gasteiger partial charge in [-0.25, -0.2) is 0 Å². The van der Waals surface area contributed by atoms with Gasteiger partial charge in [-0.3, -0.25) is 4.79 Å². The van der Waals surface area contributed by atoms with E-state index in [4.69, 9.17) is 0 Å². The zero-order chi connectivity index (χ0) is 14.1. The van der Waals surface area contributed by atoms with Crippen LogP contribution >= 0.6 is 0 Å². The van der Waals surface area contributed by atoms with Gasteiger partial charge in [0.2, 0.25) is 0 Å². The van der Waals surface area contributed by atoms with Gasteiger partial charge in [0, 0.05) is 12.8 Å². The molecular formula is C18H34O. The van der Waals surface area contributed by atoms with E-state index in [1.165, 1.54) is 51.4 Å². The summed E-state index contributed by atoms with van der Waals surface area (Å²) in [4.78, 5) is 12.0. The largest absolute Gasteiger partial charge is 0.300 e. The van der Waals surface area contributed by atoms with Gasteiger partial charge in [-0.15, -0.1) is 0 Å². The van der Waals surface area contributed by atoms with Crippen LogP contribution in [0.2, 0.25) is 0 Å². The van der Waals surface area contributed by atoms with Crippen molar-refractivity contribution in [2.75, 3.05) is 0 Å². The minimum atomic E-state index is 0.530. The molecule has 1 rings (SSSR count). The molecule has 1 fully saturated rings. The third-order valence-electron chi connectivity index (χ3n) is 4.64. The summed E-state index contributed by atoms with van der Waals surface area (Å²) in [6.07, 6.45) is 13.5. The molecule has 0 saturated heterocycles. The van der Waals surface area contributed by atoms with E-state index >= 15 is 0 Å². The highest BCUT2D eigenvalue weighted by Gasteiger charge is 2.17. The molecule has 0 aromatic rings. The smallest absolute Gasteiger partial charge is 0.133 e. The Kier molecular flexibility index (Phi) is 8.41. The quantitative estimate of drug-likeness (QED) is 0.518. The Hall–Kier alpha value is -0.330. The SMILES string of the molecule is CC(C)CCCC(C)CCC(=O)CC1CCCCC1. The van der Waals surface area contributed by atoms with Gasteiger partial charge in [0.1, 0.15) is 5.78 Å². The number of hydrogen-bond donors (Lipinski definition) is 0. The van der Waals surface area contributed by atoms with Gasteiger partial charge >= 0.3 is 0 Å². The first-order valence-corrected chi connectivity index (χ1v) is 8.59. The van der Waals surface area contributed by atoms with Gasteiger partial charge in [-0.05, 0) is 24.2 Å². The van der Waals surface area contributed by atoms with Crippen LogP contribution in [0.15, 0.2) is 0 Å². The van der Waals surface area contributed by atoms with Crippen molar-refractivity contribution in [1.29, 1.82) is 0 Å². The zero-order valence-corrected chi connectivity index (χ0v) is 13.4. The highest BCUT2D eigenvalue weighted by molar-refractivity contribution is 5.78. The first-order chi connectivity index (χ1) is 9.08. The Morgan fingerprint density at radius 2 is 1.68 bits per heavy atom. The molecule has 1 unspecified atom stereocenters. The maximum Gasteiger partial charge on any atom is 0.133 e. The van der Waals surface area contributed by atoms with Crippen LogP contribution in [0.5, 0.6) is 0 Å². The first-order valence-electron chi connectivity index (χ1n) is 8.59. The predicted octanol–water partition coefficient (Wildman–Crippen LogP) is 5.77. The second-order valence-corrected chi connectivity index (χ2v) is 7.22. The summed E-state index contributed by atoms with van der Waals surface area (Å²) in [5.74, 6) is 2.80. The number of Topliss-reactive ketones (excluding diaryl/α,β-unsaturated/α-hetero) is 1. The molecule has 112 valence electrons. The fourth-order valence-electron chi connectivity index (χ4n) is 3.24. The normalized spacial score (nSPS) is 18.7. The standard InChI is InChI=1S/C18H34O/c1-15(2)8-7-9-16(3)12-13-18(19)14-17-10-5-4-6-11-17/h15-17H,4-14H2,1-3H3. The van der Waals surface area contributed by atoms with Crippen LogP contribution in [0.25, 0.3) is 0 Å². The minimum absolute atomic E-state index is 0.530. The molecule has 0 aliphatic heterocycles. The van der Waals surface area contributed by atoms with E-state index in [1.54, 1.807) is 0 Å². The lowest BCUT2D eigenvalue weighted by molar-refractivity contribution is -0.120. The topological polar surface area (TPSA) is 17.1 Å². The molecule has 1 heteroatoms. The summed E-state index contributed by atoms with van der Waals surface area (Å²) < 4.78 is 0. The van der Waals surface area contributed by atoms with Crippen molar-refractivity contribution >= 4 is 5.78 Å². The zero-order valence-electron chi connectivity index (χ0n) is 13.4. The van der Waals surface area contributed by atoms with Crippen molar-refractivity contribution in [3.63, 3.8) is 0 Å². The van der Waals surface area contributed by atoms with Crippen LogP contribution in [-0.2, 0) is 4.79 Å². The molecule has 1 aliphatic rings.